The average molecular weight is 716 g/mol. The molecule has 1 nitrogen and oxygen atoms in total. The summed E-state index contributed by atoms with van der Waals surface area (Å²) in [6, 6.07) is 61.3. The van der Waals surface area contributed by atoms with Crippen LogP contribution in [0, 0.1) is 0 Å². The van der Waals surface area contributed by atoms with Crippen LogP contribution in [0.5, 0.6) is 0 Å². The van der Waals surface area contributed by atoms with Crippen LogP contribution in [0.2, 0.25) is 13.1 Å². The lowest BCUT2D eigenvalue weighted by Crippen LogP contribution is -2.50. The number of hydrogen-bond acceptors (Lipinski definition) is 1. The van der Waals surface area contributed by atoms with Gasteiger partial charge in [0.05, 0.1) is 11.4 Å². The Morgan fingerprint density at radius 1 is 0.444 bits per heavy atom. The molecule has 0 saturated carbocycles. The van der Waals surface area contributed by atoms with E-state index in [0.29, 0.717) is 0 Å². The summed E-state index contributed by atoms with van der Waals surface area (Å²) in [4.78, 5) is 2.56. The fourth-order valence-corrected chi connectivity index (χ4v) is 13.0. The van der Waals surface area contributed by atoms with Crippen LogP contribution in [0.25, 0.3) is 44.5 Å². The van der Waals surface area contributed by atoms with Crippen molar-refractivity contribution >= 4 is 35.5 Å². The third-order valence-electron chi connectivity index (χ3n) is 12.5. The number of fused-ring (bicyclic) bond motifs is 4. The summed E-state index contributed by atoms with van der Waals surface area (Å²) in [6.45, 7) is 14.8. The fourth-order valence-electron chi connectivity index (χ4n) is 9.56. The summed E-state index contributed by atoms with van der Waals surface area (Å²) in [7, 11) is -1.88. The SMILES string of the molecule is CC1(C)CCC(C)(C)c2c(N(c3ccc(-c4cccc5c4[Si](C)(C)c4ccccc4-5)cc3)c3ccc(-c4ccccc4)cc3-c3ccccc3)cccc21. The molecule has 0 amide bonds. The zero-order valence-electron chi connectivity index (χ0n) is 32.4. The predicted octanol–water partition coefficient (Wildman–Crippen LogP) is 13.3. The molecule has 1 heterocycles. The van der Waals surface area contributed by atoms with Crippen LogP contribution < -0.4 is 15.3 Å². The lowest BCUT2D eigenvalue weighted by molar-refractivity contribution is 0.332. The molecule has 7 aromatic carbocycles. The molecular formula is C52H49NSi. The quantitative estimate of drug-likeness (QED) is 0.155. The van der Waals surface area contributed by atoms with Gasteiger partial charge < -0.3 is 4.90 Å². The van der Waals surface area contributed by atoms with Crippen molar-refractivity contribution < 1.29 is 0 Å². The molecule has 266 valence electrons. The van der Waals surface area contributed by atoms with E-state index >= 15 is 0 Å². The van der Waals surface area contributed by atoms with Gasteiger partial charge in [-0.1, -0.05) is 174 Å². The molecule has 0 fully saturated rings. The van der Waals surface area contributed by atoms with Gasteiger partial charge in [-0.15, -0.1) is 0 Å². The van der Waals surface area contributed by atoms with E-state index in [0.717, 1.165) is 6.42 Å². The first-order valence-electron chi connectivity index (χ1n) is 19.6. The summed E-state index contributed by atoms with van der Waals surface area (Å²) in [6.07, 6.45) is 2.33. The lowest BCUT2D eigenvalue weighted by atomic mass is 9.62. The first kappa shape index (κ1) is 34.3. The van der Waals surface area contributed by atoms with Crippen molar-refractivity contribution in [1.29, 1.82) is 0 Å². The Morgan fingerprint density at radius 3 is 1.76 bits per heavy atom. The van der Waals surface area contributed by atoms with Crippen LogP contribution in [0.4, 0.5) is 17.1 Å². The highest BCUT2D eigenvalue weighted by molar-refractivity contribution is 7.04. The second-order valence-electron chi connectivity index (χ2n) is 17.2. The maximum atomic E-state index is 2.56. The molecule has 0 aromatic heterocycles. The van der Waals surface area contributed by atoms with Crippen LogP contribution in [-0.4, -0.2) is 8.07 Å². The Morgan fingerprint density at radius 2 is 1.02 bits per heavy atom. The zero-order valence-corrected chi connectivity index (χ0v) is 33.4. The number of anilines is 3. The van der Waals surface area contributed by atoms with E-state index in [9.17, 15) is 0 Å². The minimum absolute atomic E-state index is 0.0202. The molecule has 1 aliphatic heterocycles. The summed E-state index contributed by atoms with van der Waals surface area (Å²) >= 11 is 0. The molecule has 0 saturated heterocycles. The first-order valence-corrected chi connectivity index (χ1v) is 22.6. The van der Waals surface area contributed by atoms with Gasteiger partial charge in [-0.2, -0.15) is 0 Å². The van der Waals surface area contributed by atoms with Crippen LogP contribution in [0.15, 0.2) is 164 Å². The van der Waals surface area contributed by atoms with Gasteiger partial charge in [-0.25, -0.2) is 0 Å². The molecule has 2 heteroatoms. The third kappa shape index (κ3) is 5.58. The molecule has 9 rings (SSSR count). The van der Waals surface area contributed by atoms with Crippen LogP contribution >= 0.6 is 0 Å². The summed E-state index contributed by atoms with van der Waals surface area (Å²) in [5, 5.41) is 3.10. The standard InChI is InChI=1S/C52H49NSi/c1-51(2)33-34-52(3,4)49-45(51)24-16-25-47(49)53(46-32-29-39(36-17-9-7-10-18-36)35-44(46)37-19-11-8-12-20-37)40-30-27-38(28-31-40)41-22-15-23-43-42-21-13-14-26-48(42)54(5,6)50(41)43/h7-32,35H,33-34H2,1-6H3. The maximum Gasteiger partial charge on any atom is 0.114 e. The Hall–Kier alpha value is -5.44. The highest BCUT2D eigenvalue weighted by Gasteiger charge is 2.41. The van der Waals surface area contributed by atoms with Gasteiger partial charge in [0.15, 0.2) is 0 Å². The topological polar surface area (TPSA) is 3.24 Å². The molecule has 7 aromatic rings. The number of benzene rings is 7. The smallest absolute Gasteiger partial charge is 0.114 e. The van der Waals surface area contributed by atoms with Crippen molar-refractivity contribution in [2.75, 3.05) is 4.90 Å². The van der Waals surface area contributed by atoms with Gasteiger partial charge in [-0.3, -0.25) is 0 Å². The Bertz CT molecular complexity index is 2510. The molecule has 54 heavy (non-hydrogen) atoms. The van der Waals surface area contributed by atoms with Gasteiger partial charge in [0.2, 0.25) is 0 Å². The van der Waals surface area contributed by atoms with Crippen molar-refractivity contribution in [2.45, 2.75) is 64.5 Å². The largest absolute Gasteiger partial charge is 0.310 e. The maximum absolute atomic E-state index is 2.56. The van der Waals surface area contributed by atoms with Gasteiger partial charge in [0.1, 0.15) is 8.07 Å². The first-order chi connectivity index (χ1) is 26.0. The minimum atomic E-state index is -1.88. The van der Waals surface area contributed by atoms with E-state index in [-0.39, 0.29) is 10.8 Å². The lowest BCUT2D eigenvalue weighted by Gasteiger charge is -2.44. The second kappa shape index (κ2) is 12.9. The third-order valence-corrected chi connectivity index (χ3v) is 16.1. The van der Waals surface area contributed by atoms with E-state index in [1.807, 2.05) is 0 Å². The van der Waals surface area contributed by atoms with Crippen molar-refractivity contribution in [3.05, 3.63) is 175 Å². The molecule has 1 aliphatic carbocycles. The van der Waals surface area contributed by atoms with Crippen molar-refractivity contribution in [1.82, 2.24) is 0 Å². The highest BCUT2D eigenvalue weighted by Crippen LogP contribution is 2.53. The molecule has 0 bridgehead atoms. The summed E-state index contributed by atoms with van der Waals surface area (Å²) in [5.74, 6) is 0. The van der Waals surface area contributed by atoms with E-state index in [1.54, 1.807) is 10.4 Å². The summed E-state index contributed by atoms with van der Waals surface area (Å²) in [5.41, 5.74) is 17.0. The fraction of sp³-hybridized carbons (Fsp3) is 0.192. The predicted molar refractivity (Wildman–Crippen MR) is 235 cm³/mol. The molecular weight excluding hydrogens is 667 g/mol. The normalized spacial score (nSPS) is 15.9. The van der Waals surface area contributed by atoms with E-state index in [2.05, 4.69) is 209 Å². The molecule has 0 atom stereocenters. The zero-order chi connectivity index (χ0) is 37.2. The van der Waals surface area contributed by atoms with Crippen molar-refractivity contribution in [3.8, 4) is 44.5 Å². The second-order valence-corrected chi connectivity index (χ2v) is 21.5. The molecule has 0 N–H and O–H groups in total. The van der Waals surface area contributed by atoms with Crippen molar-refractivity contribution in [3.63, 3.8) is 0 Å². The van der Waals surface area contributed by atoms with Crippen LogP contribution in [-0.2, 0) is 10.8 Å². The number of nitrogens with zero attached hydrogens (tertiary/aromatic N) is 1. The Balaban J connectivity index is 1.26. The van der Waals surface area contributed by atoms with E-state index in [4.69, 9.17) is 0 Å². The van der Waals surface area contributed by atoms with Gasteiger partial charge >= 0.3 is 0 Å². The molecule has 0 unspecified atom stereocenters. The van der Waals surface area contributed by atoms with Crippen LogP contribution in [0.3, 0.4) is 0 Å². The Labute approximate surface area is 323 Å². The number of rotatable bonds is 6. The van der Waals surface area contributed by atoms with Gasteiger partial charge in [0, 0.05) is 11.3 Å². The van der Waals surface area contributed by atoms with Crippen LogP contribution in [0.1, 0.15) is 51.7 Å². The van der Waals surface area contributed by atoms with Gasteiger partial charge in [-0.05, 0) is 114 Å². The van der Waals surface area contributed by atoms with Crippen molar-refractivity contribution in [2.24, 2.45) is 0 Å². The molecule has 0 spiro atoms. The van der Waals surface area contributed by atoms with E-state index < -0.39 is 8.07 Å². The van der Waals surface area contributed by atoms with Gasteiger partial charge in [0.25, 0.3) is 0 Å². The molecule has 2 aliphatic rings. The number of hydrogen-bond donors (Lipinski definition) is 0. The highest BCUT2D eigenvalue weighted by atomic mass is 28.3. The molecule has 0 radical (unpaired) electrons. The minimum Gasteiger partial charge on any atom is -0.310 e. The monoisotopic (exact) mass is 715 g/mol. The Kier molecular flexibility index (Phi) is 8.17. The summed E-state index contributed by atoms with van der Waals surface area (Å²) < 4.78 is 0. The van der Waals surface area contributed by atoms with E-state index in [1.165, 1.54) is 79.1 Å². The average Bonchev–Trinajstić information content (AvgIpc) is 3.44.